The Morgan fingerprint density at radius 2 is 2.18 bits per heavy atom. The van der Waals surface area contributed by atoms with E-state index in [1.165, 1.54) is 6.92 Å². The molecule has 2 rings (SSSR count). The number of aliphatic carboxylic acids is 1. The first-order chi connectivity index (χ1) is 7.85. The summed E-state index contributed by atoms with van der Waals surface area (Å²) >= 11 is 5.97. The van der Waals surface area contributed by atoms with Gasteiger partial charge in [0.1, 0.15) is 0 Å². The number of cyclic esters (lactones) is 1. The Kier molecular flexibility index (Phi) is 2.62. The SMILES string of the molecule is Cc1c(Cl)ccc2c1CC(C)(C(=O)O)OC2=O. The second kappa shape index (κ2) is 3.74. The van der Waals surface area contributed by atoms with Crippen LogP contribution in [-0.4, -0.2) is 22.6 Å². The lowest BCUT2D eigenvalue weighted by Crippen LogP contribution is -2.46. The predicted octanol–water partition coefficient (Wildman–Crippen LogP) is 2.20. The van der Waals surface area contributed by atoms with Crippen LogP contribution in [0.1, 0.15) is 28.4 Å². The number of carbonyl (C=O) groups excluding carboxylic acids is 1. The van der Waals surface area contributed by atoms with Crippen LogP contribution < -0.4 is 0 Å². The lowest BCUT2D eigenvalue weighted by Gasteiger charge is -2.31. The van der Waals surface area contributed by atoms with Gasteiger partial charge < -0.3 is 9.84 Å². The van der Waals surface area contributed by atoms with Gasteiger partial charge in [-0.15, -0.1) is 0 Å². The number of halogens is 1. The fourth-order valence-corrected chi connectivity index (χ4v) is 2.08. The molecule has 5 heteroatoms. The highest BCUT2D eigenvalue weighted by molar-refractivity contribution is 6.31. The number of benzene rings is 1. The first kappa shape index (κ1) is 11.9. The Balaban J connectivity index is 2.59. The number of carbonyl (C=O) groups is 2. The molecule has 1 N–H and O–H groups in total. The number of rotatable bonds is 1. The molecule has 1 heterocycles. The molecule has 0 radical (unpaired) electrons. The Hall–Kier alpha value is -1.55. The van der Waals surface area contributed by atoms with Gasteiger partial charge >= 0.3 is 11.9 Å². The quantitative estimate of drug-likeness (QED) is 0.781. The molecule has 0 saturated carbocycles. The molecule has 1 aliphatic heterocycles. The second-order valence-electron chi connectivity index (χ2n) is 4.30. The number of ether oxygens (including phenoxy) is 1. The molecule has 90 valence electrons. The molecule has 1 aromatic carbocycles. The zero-order valence-corrected chi connectivity index (χ0v) is 10.2. The number of carboxylic acids is 1. The van der Waals surface area contributed by atoms with Gasteiger partial charge in [0.2, 0.25) is 5.60 Å². The van der Waals surface area contributed by atoms with Crippen molar-refractivity contribution >= 4 is 23.5 Å². The van der Waals surface area contributed by atoms with E-state index in [0.717, 1.165) is 5.56 Å². The minimum Gasteiger partial charge on any atom is -0.478 e. The summed E-state index contributed by atoms with van der Waals surface area (Å²) in [6.45, 7) is 3.15. The van der Waals surface area contributed by atoms with Gasteiger partial charge in [0.25, 0.3) is 0 Å². The topological polar surface area (TPSA) is 63.6 Å². The molecule has 0 aromatic heterocycles. The van der Waals surface area contributed by atoms with Crippen LogP contribution in [0.3, 0.4) is 0 Å². The molecule has 1 unspecified atom stereocenters. The summed E-state index contributed by atoms with van der Waals surface area (Å²) < 4.78 is 4.98. The van der Waals surface area contributed by atoms with Gasteiger partial charge in [0, 0.05) is 11.4 Å². The Morgan fingerprint density at radius 1 is 1.53 bits per heavy atom. The normalized spacial score (nSPS) is 22.9. The van der Waals surface area contributed by atoms with Gasteiger partial charge in [-0.1, -0.05) is 11.6 Å². The molecule has 0 fully saturated rings. The number of hydrogen-bond acceptors (Lipinski definition) is 3. The molecule has 1 aromatic rings. The molecule has 1 atom stereocenters. The van der Waals surface area contributed by atoms with Crippen LogP contribution in [0, 0.1) is 6.92 Å². The molecule has 0 aliphatic carbocycles. The molecule has 4 nitrogen and oxygen atoms in total. The summed E-state index contributed by atoms with van der Waals surface area (Å²) in [5, 5.41) is 9.61. The molecule has 0 bridgehead atoms. The third-order valence-corrected chi connectivity index (χ3v) is 3.45. The van der Waals surface area contributed by atoms with E-state index >= 15 is 0 Å². The highest BCUT2D eigenvalue weighted by Gasteiger charge is 2.43. The summed E-state index contributed by atoms with van der Waals surface area (Å²) in [4.78, 5) is 22.9. The van der Waals surface area contributed by atoms with E-state index in [1.54, 1.807) is 19.1 Å². The number of carboxylic acid groups (broad SMARTS) is 1. The van der Waals surface area contributed by atoms with Crippen molar-refractivity contribution in [2.24, 2.45) is 0 Å². The summed E-state index contributed by atoms with van der Waals surface area (Å²) in [6, 6.07) is 3.18. The van der Waals surface area contributed by atoms with Crippen LogP contribution in [0.5, 0.6) is 0 Å². The maximum absolute atomic E-state index is 11.7. The van der Waals surface area contributed by atoms with Gasteiger partial charge in [-0.2, -0.15) is 0 Å². The molecular weight excluding hydrogens is 244 g/mol. The summed E-state index contributed by atoms with van der Waals surface area (Å²) in [5.41, 5.74) is 0.261. The van der Waals surface area contributed by atoms with Crippen molar-refractivity contribution < 1.29 is 19.4 Å². The van der Waals surface area contributed by atoms with Crippen molar-refractivity contribution in [1.29, 1.82) is 0 Å². The van der Waals surface area contributed by atoms with E-state index in [0.29, 0.717) is 16.1 Å². The number of hydrogen-bond donors (Lipinski definition) is 1. The average molecular weight is 255 g/mol. The lowest BCUT2D eigenvalue weighted by molar-refractivity contribution is -0.158. The monoisotopic (exact) mass is 254 g/mol. The molecule has 0 amide bonds. The predicted molar refractivity (Wildman–Crippen MR) is 61.3 cm³/mol. The molecule has 17 heavy (non-hydrogen) atoms. The maximum atomic E-state index is 11.7. The summed E-state index contributed by atoms with van der Waals surface area (Å²) in [6.07, 6.45) is 0.135. The van der Waals surface area contributed by atoms with E-state index in [9.17, 15) is 9.59 Å². The highest BCUT2D eigenvalue weighted by atomic mass is 35.5. The second-order valence-corrected chi connectivity index (χ2v) is 4.71. The Bertz CT molecular complexity index is 523. The average Bonchev–Trinajstić information content (AvgIpc) is 2.24. The summed E-state index contributed by atoms with van der Waals surface area (Å²) in [5.74, 6) is -1.77. The Morgan fingerprint density at radius 3 is 2.76 bits per heavy atom. The van der Waals surface area contributed by atoms with Crippen molar-refractivity contribution in [3.05, 3.63) is 33.8 Å². The lowest BCUT2D eigenvalue weighted by atomic mass is 9.87. The van der Waals surface area contributed by atoms with Crippen LogP contribution in [0.25, 0.3) is 0 Å². The molecule has 0 spiro atoms. The fourth-order valence-electron chi connectivity index (χ4n) is 1.90. The van der Waals surface area contributed by atoms with Gasteiger partial charge in [0.15, 0.2) is 0 Å². The van der Waals surface area contributed by atoms with Gasteiger partial charge in [0.05, 0.1) is 5.56 Å². The third kappa shape index (κ3) is 1.78. The van der Waals surface area contributed by atoms with E-state index in [4.69, 9.17) is 21.4 Å². The standard InChI is InChI=1S/C12H11ClO4/c1-6-8-5-12(2,11(15)16)17-10(14)7(8)3-4-9(6)13/h3-4H,5H2,1-2H3,(H,15,16). The van der Waals surface area contributed by atoms with Gasteiger partial charge in [-0.3, -0.25) is 0 Å². The summed E-state index contributed by atoms with van der Waals surface area (Å²) in [7, 11) is 0. The molecular formula is C12H11ClO4. The largest absolute Gasteiger partial charge is 0.478 e. The van der Waals surface area contributed by atoms with Crippen LogP contribution in [0.15, 0.2) is 12.1 Å². The molecule has 0 saturated heterocycles. The Labute approximate surface area is 103 Å². The van der Waals surface area contributed by atoms with E-state index in [-0.39, 0.29) is 6.42 Å². The zero-order valence-electron chi connectivity index (χ0n) is 9.41. The number of fused-ring (bicyclic) bond motifs is 1. The van der Waals surface area contributed by atoms with Gasteiger partial charge in [-0.25, -0.2) is 9.59 Å². The van der Waals surface area contributed by atoms with Crippen molar-refractivity contribution in [2.75, 3.05) is 0 Å². The van der Waals surface area contributed by atoms with Crippen LogP contribution >= 0.6 is 11.6 Å². The zero-order chi connectivity index (χ0) is 12.8. The van der Waals surface area contributed by atoms with Crippen molar-refractivity contribution in [1.82, 2.24) is 0 Å². The smallest absolute Gasteiger partial charge is 0.348 e. The van der Waals surface area contributed by atoms with Crippen molar-refractivity contribution in [3.63, 3.8) is 0 Å². The highest BCUT2D eigenvalue weighted by Crippen LogP contribution is 2.33. The molecule has 1 aliphatic rings. The maximum Gasteiger partial charge on any atom is 0.348 e. The first-order valence-electron chi connectivity index (χ1n) is 5.10. The van der Waals surface area contributed by atoms with Crippen LogP contribution in [-0.2, 0) is 16.0 Å². The fraction of sp³-hybridized carbons (Fsp3) is 0.333. The minimum atomic E-state index is -1.51. The van der Waals surface area contributed by atoms with E-state index in [2.05, 4.69) is 0 Å². The third-order valence-electron chi connectivity index (χ3n) is 3.04. The van der Waals surface area contributed by atoms with E-state index in [1.807, 2.05) is 0 Å². The van der Waals surface area contributed by atoms with Crippen molar-refractivity contribution in [2.45, 2.75) is 25.9 Å². The van der Waals surface area contributed by atoms with Crippen LogP contribution in [0.2, 0.25) is 5.02 Å². The van der Waals surface area contributed by atoms with E-state index < -0.39 is 17.5 Å². The minimum absolute atomic E-state index is 0.135. The first-order valence-corrected chi connectivity index (χ1v) is 5.47. The van der Waals surface area contributed by atoms with Crippen LogP contribution in [0.4, 0.5) is 0 Å². The van der Waals surface area contributed by atoms with Gasteiger partial charge in [-0.05, 0) is 37.1 Å². The number of esters is 1. The van der Waals surface area contributed by atoms with Crippen molar-refractivity contribution in [3.8, 4) is 0 Å².